The molecular weight excluding hydrogens is 286 g/mol. The average Bonchev–Trinajstić information content (AvgIpc) is 2.39. The number of carbonyl (C=O) groups is 4. The van der Waals surface area contributed by atoms with Gasteiger partial charge < -0.3 is 25.4 Å². The summed E-state index contributed by atoms with van der Waals surface area (Å²) in [6.07, 6.45) is -0.298. The van der Waals surface area contributed by atoms with Gasteiger partial charge in [-0.15, -0.1) is 0 Å². The van der Waals surface area contributed by atoms with Crippen LogP contribution in [0.1, 0.15) is 32.1 Å². The fraction of sp³-hybridized carbons (Fsp3) is 0.667. The van der Waals surface area contributed by atoms with E-state index in [1.165, 1.54) is 0 Å². The van der Waals surface area contributed by atoms with Crippen molar-refractivity contribution in [3.63, 3.8) is 0 Å². The highest BCUT2D eigenvalue weighted by atomic mass is 16.5. The third-order valence-corrected chi connectivity index (χ3v) is 2.27. The van der Waals surface area contributed by atoms with Crippen LogP contribution in [0.15, 0.2) is 0 Å². The Hall–Kier alpha value is -2.16. The van der Waals surface area contributed by atoms with Gasteiger partial charge in [0.15, 0.2) is 0 Å². The fourth-order valence-electron chi connectivity index (χ4n) is 1.23. The van der Waals surface area contributed by atoms with Gasteiger partial charge in [-0.25, -0.2) is 0 Å². The molecule has 0 aliphatic heterocycles. The third kappa shape index (κ3) is 11.4. The molecule has 0 heterocycles. The minimum Gasteiger partial charge on any atom is -0.481 e. The van der Waals surface area contributed by atoms with Gasteiger partial charge in [0.2, 0.25) is 0 Å². The van der Waals surface area contributed by atoms with Crippen LogP contribution >= 0.6 is 0 Å². The molecule has 1 atom stereocenters. The smallest absolute Gasteiger partial charge is 0.323 e. The highest BCUT2D eigenvalue weighted by Gasteiger charge is 2.20. The van der Waals surface area contributed by atoms with Crippen molar-refractivity contribution < 1.29 is 38.9 Å². The van der Waals surface area contributed by atoms with Gasteiger partial charge in [0.25, 0.3) is 0 Å². The first-order chi connectivity index (χ1) is 9.82. The van der Waals surface area contributed by atoms with Crippen molar-refractivity contribution in [1.29, 1.82) is 0 Å². The summed E-state index contributed by atoms with van der Waals surface area (Å²) in [5.74, 6) is -3.54. The van der Waals surface area contributed by atoms with Gasteiger partial charge in [-0.3, -0.25) is 19.2 Å². The molecule has 0 spiro atoms. The summed E-state index contributed by atoms with van der Waals surface area (Å²) in [6, 6.07) is -1.19. The molecule has 0 aromatic heterocycles. The van der Waals surface area contributed by atoms with E-state index in [1.807, 2.05) is 0 Å². The van der Waals surface area contributed by atoms with Gasteiger partial charge in [0.05, 0.1) is 19.6 Å². The zero-order chi connectivity index (χ0) is 16.3. The monoisotopic (exact) mass is 305 g/mol. The number of esters is 2. The number of ether oxygens (including phenoxy) is 2. The first kappa shape index (κ1) is 18.8. The van der Waals surface area contributed by atoms with E-state index in [0.717, 1.165) is 0 Å². The maximum Gasteiger partial charge on any atom is 0.323 e. The lowest BCUT2D eigenvalue weighted by Gasteiger charge is -2.11. The SMILES string of the molecule is N[C@H](CC(=O)OCCCC(=O)O)C(=O)OCCCC(=O)O. The van der Waals surface area contributed by atoms with E-state index in [2.05, 4.69) is 0 Å². The van der Waals surface area contributed by atoms with E-state index in [9.17, 15) is 19.2 Å². The first-order valence-corrected chi connectivity index (χ1v) is 6.34. The molecule has 21 heavy (non-hydrogen) atoms. The molecule has 0 aliphatic rings. The maximum atomic E-state index is 11.4. The summed E-state index contributed by atoms with van der Waals surface area (Å²) in [4.78, 5) is 43.1. The molecule has 0 aliphatic carbocycles. The van der Waals surface area contributed by atoms with Gasteiger partial charge in [-0.1, -0.05) is 0 Å². The Kier molecular flexibility index (Phi) is 9.52. The highest BCUT2D eigenvalue weighted by molar-refractivity contribution is 5.82. The molecule has 4 N–H and O–H groups in total. The second kappa shape index (κ2) is 10.6. The Bertz CT molecular complexity index is 381. The van der Waals surface area contributed by atoms with E-state index >= 15 is 0 Å². The molecule has 0 fully saturated rings. The number of carboxylic acids is 2. The van der Waals surface area contributed by atoms with Crippen molar-refractivity contribution in [3.05, 3.63) is 0 Å². The maximum absolute atomic E-state index is 11.4. The molecule has 0 radical (unpaired) electrons. The molecule has 9 heteroatoms. The Morgan fingerprint density at radius 2 is 1.38 bits per heavy atom. The fourth-order valence-corrected chi connectivity index (χ4v) is 1.23. The number of hydrogen-bond acceptors (Lipinski definition) is 7. The summed E-state index contributed by atoms with van der Waals surface area (Å²) in [7, 11) is 0. The van der Waals surface area contributed by atoms with Crippen molar-refractivity contribution in [2.75, 3.05) is 13.2 Å². The number of carboxylic acid groups (broad SMARTS) is 2. The Balaban J connectivity index is 3.76. The van der Waals surface area contributed by atoms with E-state index in [-0.39, 0.29) is 45.3 Å². The molecule has 0 aromatic rings. The molecule has 9 nitrogen and oxygen atoms in total. The minimum absolute atomic E-state index is 0.0640. The zero-order valence-corrected chi connectivity index (χ0v) is 11.4. The Labute approximate surface area is 121 Å². The number of carbonyl (C=O) groups excluding carboxylic acids is 2. The van der Waals surface area contributed by atoms with E-state index in [0.29, 0.717) is 0 Å². The molecular formula is C12H19NO8. The van der Waals surface area contributed by atoms with Gasteiger partial charge >= 0.3 is 23.9 Å². The molecule has 0 rings (SSSR count). The number of aliphatic carboxylic acids is 2. The molecule has 0 aromatic carbocycles. The lowest BCUT2D eigenvalue weighted by Crippen LogP contribution is -2.35. The second-order valence-electron chi connectivity index (χ2n) is 4.19. The van der Waals surface area contributed by atoms with Crippen LogP contribution < -0.4 is 5.73 Å². The molecule has 0 amide bonds. The normalized spacial score (nSPS) is 11.5. The third-order valence-electron chi connectivity index (χ3n) is 2.27. The lowest BCUT2D eigenvalue weighted by atomic mass is 10.2. The van der Waals surface area contributed by atoms with Crippen molar-refractivity contribution in [1.82, 2.24) is 0 Å². The van der Waals surface area contributed by atoms with Crippen LogP contribution in [-0.4, -0.2) is 53.3 Å². The number of nitrogens with two attached hydrogens (primary N) is 1. The Morgan fingerprint density at radius 1 is 0.905 bits per heavy atom. The van der Waals surface area contributed by atoms with Crippen molar-refractivity contribution in [2.24, 2.45) is 5.73 Å². The predicted molar refractivity (Wildman–Crippen MR) is 68.3 cm³/mol. The van der Waals surface area contributed by atoms with E-state index in [4.69, 9.17) is 25.4 Å². The standard InChI is InChI=1S/C12H19NO8/c13-8(12(19)21-6-2-4-10(16)17)7-11(18)20-5-1-3-9(14)15/h8H,1-7,13H2,(H,14,15)(H,16,17)/t8-/m1/s1. The van der Waals surface area contributed by atoms with Crippen LogP contribution in [0.5, 0.6) is 0 Å². The average molecular weight is 305 g/mol. The van der Waals surface area contributed by atoms with Gasteiger partial charge in [-0.05, 0) is 12.8 Å². The van der Waals surface area contributed by atoms with Crippen LogP contribution in [0.4, 0.5) is 0 Å². The molecule has 0 unspecified atom stereocenters. The van der Waals surface area contributed by atoms with Crippen molar-refractivity contribution >= 4 is 23.9 Å². The minimum atomic E-state index is -1.19. The van der Waals surface area contributed by atoms with Crippen LogP contribution in [-0.2, 0) is 28.7 Å². The van der Waals surface area contributed by atoms with Crippen LogP contribution in [0.2, 0.25) is 0 Å². The molecule has 0 saturated heterocycles. The van der Waals surface area contributed by atoms with Crippen LogP contribution in [0, 0.1) is 0 Å². The molecule has 0 saturated carbocycles. The van der Waals surface area contributed by atoms with E-state index in [1.54, 1.807) is 0 Å². The second-order valence-corrected chi connectivity index (χ2v) is 4.19. The van der Waals surface area contributed by atoms with Crippen LogP contribution in [0.25, 0.3) is 0 Å². The first-order valence-electron chi connectivity index (χ1n) is 6.34. The summed E-state index contributed by atoms with van der Waals surface area (Å²) in [5, 5.41) is 16.8. The summed E-state index contributed by atoms with van der Waals surface area (Å²) < 4.78 is 9.40. The van der Waals surface area contributed by atoms with Crippen molar-refractivity contribution in [2.45, 2.75) is 38.1 Å². The predicted octanol–water partition coefficient (Wildman–Crippen LogP) is -0.480. The molecule has 120 valence electrons. The largest absolute Gasteiger partial charge is 0.481 e. The number of hydrogen-bond donors (Lipinski definition) is 3. The van der Waals surface area contributed by atoms with Gasteiger partial charge in [0.1, 0.15) is 6.04 Å². The van der Waals surface area contributed by atoms with Gasteiger partial charge in [-0.2, -0.15) is 0 Å². The summed E-state index contributed by atoms with van der Waals surface area (Å²) in [5.41, 5.74) is 5.43. The molecule has 0 bridgehead atoms. The van der Waals surface area contributed by atoms with E-state index < -0.39 is 29.9 Å². The zero-order valence-electron chi connectivity index (χ0n) is 11.4. The summed E-state index contributed by atoms with van der Waals surface area (Å²) in [6.45, 7) is -0.155. The highest BCUT2D eigenvalue weighted by Crippen LogP contribution is 1.99. The lowest BCUT2D eigenvalue weighted by molar-refractivity contribution is -0.152. The topological polar surface area (TPSA) is 153 Å². The van der Waals surface area contributed by atoms with Crippen LogP contribution in [0.3, 0.4) is 0 Å². The van der Waals surface area contributed by atoms with Crippen molar-refractivity contribution in [3.8, 4) is 0 Å². The summed E-state index contributed by atoms with van der Waals surface area (Å²) >= 11 is 0. The number of rotatable bonds is 11. The quantitative estimate of drug-likeness (QED) is 0.339. The Morgan fingerprint density at radius 3 is 1.86 bits per heavy atom. The van der Waals surface area contributed by atoms with Gasteiger partial charge in [0, 0.05) is 12.8 Å².